The second kappa shape index (κ2) is 6.99. The van der Waals surface area contributed by atoms with Gasteiger partial charge in [-0.15, -0.1) is 0 Å². The van der Waals surface area contributed by atoms with E-state index in [0.29, 0.717) is 12.1 Å². The van der Waals surface area contributed by atoms with Gasteiger partial charge in [-0.05, 0) is 51.0 Å². The van der Waals surface area contributed by atoms with Crippen LogP contribution in [0.15, 0.2) is 0 Å². The monoisotopic (exact) mass is 299 g/mol. The summed E-state index contributed by atoms with van der Waals surface area (Å²) in [6, 6.07) is 0.532. The van der Waals surface area contributed by atoms with Crippen molar-refractivity contribution in [2.75, 3.05) is 31.3 Å². The lowest BCUT2D eigenvalue weighted by Crippen LogP contribution is -2.55. The first-order valence-electron chi connectivity index (χ1n) is 8.40. The van der Waals surface area contributed by atoms with Gasteiger partial charge in [-0.2, -0.15) is 11.8 Å². The van der Waals surface area contributed by atoms with E-state index in [2.05, 4.69) is 24.0 Å². The van der Waals surface area contributed by atoms with E-state index in [0.717, 1.165) is 37.2 Å². The van der Waals surface area contributed by atoms with Gasteiger partial charge in [0.15, 0.2) is 0 Å². The van der Waals surface area contributed by atoms with Gasteiger partial charge in [0.25, 0.3) is 0 Å². The lowest BCUT2D eigenvalue weighted by molar-refractivity contribution is -0.152. The Morgan fingerprint density at radius 1 is 1.35 bits per heavy atom. The van der Waals surface area contributed by atoms with Gasteiger partial charge < -0.3 is 14.8 Å². The summed E-state index contributed by atoms with van der Waals surface area (Å²) in [7, 11) is 0. The molecule has 2 saturated heterocycles. The van der Waals surface area contributed by atoms with Crippen LogP contribution in [0.4, 0.5) is 0 Å². The van der Waals surface area contributed by atoms with Crippen LogP contribution in [0.2, 0.25) is 0 Å². The molecule has 2 aliphatic heterocycles. The highest BCUT2D eigenvalue weighted by Crippen LogP contribution is 2.45. The summed E-state index contributed by atoms with van der Waals surface area (Å²) in [5.41, 5.74) is 0.247. The van der Waals surface area contributed by atoms with Crippen LogP contribution in [-0.4, -0.2) is 49.0 Å². The van der Waals surface area contributed by atoms with Crippen molar-refractivity contribution >= 4 is 11.8 Å². The summed E-state index contributed by atoms with van der Waals surface area (Å²) < 4.78 is 12.2. The van der Waals surface area contributed by atoms with Crippen molar-refractivity contribution < 1.29 is 9.47 Å². The van der Waals surface area contributed by atoms with Gasteiger partial charge in [0.2, 0.25) is 0 Å². The minimum absolute atomic E-state index is 0.247. The summed E-state index contributed by atoms with van der Waals surface area (Å²) in [6.07, 6.45) is 7.97. The van der Waals surface area contributed by atoms with E-state index in [-0.39, 0.29) is 5.60 Å². The lowest BCUT2D eigenvalue weighted by atomic mass is 9.70. The zero-order chi connectivity index (χ0) is 13.8. The van der Waals surface area contributed by atoms with E-state index in [1.807, 2.05) is 0 Å². The molecule has 116 valence electrons. The lowest BCUT2D eigenvalue weighted by Gasteiger charge is -2.50. The van der Waals surface area contributed by atoms with Crippen LogP contribution in [0.3, 0.4) is 0 Å². The Labute approximate surface area is 127 Å². The number of nitrogens with one attached hydrogen (secondary N) is 1. The van der Waals surface area contributed by atoms with Gasteiger partial charge in [0.05, 0.1) is 18.3 Å². The van der Waals surface area contributed by atoms with Gasteiger partial charge in [-0.3, -0.25) is 0 Å². The molecule has 3 nitrogen and oxygen atoms in total. The molecule has 20 heavy (non-hydrogen) atoms. The maximum absolute atomic E-state index is 6.10. The smallest absolute Gasteiger partial charge is 0.0821 e. The Bertz CT molecular complexity index is 303. The van der Waals surface area contributed by atoms with E-state index >= 15 is 0 Å². The molecule has 0 aromatic rings. The summed E-state index contributed by atoms with van der Waals surface area (Å²) >= 11 is 2.05. The van der Waals surface area contributed by atoms with E-state index < -0.39 is 0 Å². The SMILES string of the molecule is CCCNC(C1CCOC2(CCC2)C1)C1CSCCO1. The third-order valence-corrected chi connectivity index (χ3v) is 6.20. The molecule has 3 rings (SSSR count). The van der Waals surface area contributed by atoms with Gasteiger partial charge in [-0.1, -0.05) is 6.92 Å². The van der Waals surface area contributed by atoms with Crippen molar-refractivity contribution in [2.24, 2.45) is 5.92 Å². The number of rotatable bonds is 5. The summed E-state index contributed by atoms with van der Waals surface area (Å²) in [6.45, 7) is 5.24. The molecule has 3 atom stereocenters. The van der Waals surface area contributed by atoms with Crippen molar-refractivity contribution in [3.05, 3.63) is 0 Å². The van der Waals surface area contributed by atoms with Crippen LogP contribution < -0.4 is 5.32 Å². The summed E-state index contributed by atoms with van der Waals surface area (Å²) in [5.74, 6) is 3.06. The van der Waals surface area contributed by atoms with Crippen LogP contribution >= 0.6 is 11.8 Å². The van der Waals surface area contributed by atoms with Crippen LogP contribution in [-0.2, 0) is 9.47 Å². The van der Waals surface area contributed by atoms with Crippen molar-refractivity contribution in [3.8, 4) is 0 Å². The molecular formula is C16H29NO2S. The molecule has 3 unspecified atom stereocenters. The number of ether oxygens (including phenoxy) is 2. The highest BCUT2D eigenvalue weighted by Gasteiger charge is 2.45. The molecule has 0 bridgehead atoms. The molecule has 3 aliphatic rings. The third-order valence-electron chi connectivity index (χ3n) is 5.18. The minimum atomic E-state index is 0.247. The molecule has 3 fully saturated rings. The average molecular weight is 299 g/mol. The molecular weight excluding hydrogens is 270 g/mol. The molecule has 1 saturated carbocycles. The number of hydrogen-bond acceptors (Lipinski definition) is 4. The van der Waals surface area contributed by atoms with Crippen molar-refractivity contribution in [2.45, 2.75) is 63.2 Å². The Hall–Kier alpha value is 0.230. The molecule has 1 aliphatic carbocycles. The van der Waals surface area contributed by atoms with Gasteiger partial charge >= 0.3 is 0 Å². The van der Waals surface area contributed by atoms with E-state index in [1.54, 1.807) is 0 Å². The maximum Gasteiger partial charge on any atom is 0.0821 e. The first-order chi connectivity index (χ1) is 9.83. The fourth-order valence-electron chi connectivity index (χ4n) is 3.92. The largest absolute Gasteiger partial charge is 0.375 e. The van der Waals surface area contributed by atoms with E-state index in [9.17, 15) is 0 Å². The Balaban J connectivity index is 1.63. The molecule has 0 radical (unpaired) electrons. The Morgan fingerprint density at radius 3 is 2.90 bits per heavy atom. The standard InChI is InChI=1S/C16H29NO2S/c1-2-7-17-15(14-12-20-10-9-18-14)13-4-8-19-16(11-13)5-3-6-16/h13-15,17H,2-12H2,1H3. The first kappa shape index (κ1) is 15.1. The van der Waals surface area contributed by atoms with Gasteiger partial charge in [0.1, 0.15) is 0 Å². The highest BCUT2D eigenvalue weighted by atomic mass is 32.2. The number of thioether (sulfide) groups is 1. The molecule has 1 spiro atoms. The van der Waals surface area contributed by atoms with Crippen LogP contribution in [0.25, 0.3) is 0 Å². The van der Waals surface area contributed by atoms with E-state index in [1.165, 1.54) is 38.5 Å². The Morgan fingerprint density at radius 2 is 2.25 bits per heavy atom. The fourth-order valence-corrected chi connectivity index (χ4v) is 4.83. The quantitative estimate of drug-likeness (QED) is 0.845. The van der Waals surface area contributed by atoms with Crippen molar-refractivity contribution in [1.29, 1.82) is 0 Å². The highest BCUT2D eigenvalue weighted by molar-refractivity contribution is 7.99. The van der Waals surface area contributed by atoms with Crippen LogP contribution in [0.1, 0.15) is 45.4 Å². The predicted octanol–water partition coefficient (Wildman–Crippen LogP) is 2.84. The normalized spacial score (nSPS) is 34.6. The number of hydrogen-bond donors (Lipinski definition) is 1. The third kappa shape index (κ3) is 3.34. The van der Waals surface area contributed by atoms with Gasteiger partial charge in [0, 0.05) is 24.2 Å². The molecule has 0 aromatic carbocycles. The van der Waals surface area contributed by atoms with Crippen molar-refractivity contribution in [1.82, 2.24) is 5.32 Å². The zero-order valence-electron chi connectivity index (χ0n) is 12.7. The molecule has 1 N–H and O–H groups in total. The molecule has 4 heteroatoms. The second-order valence-electron chi connectivity index (χ2n) is 6.60. The fraction of sp³-hybridized carbons (Fsp3) is 1.00. The Kier molecular flexibility index (Phi) is 5.29. The van der Waals surface area contributed by atoms with E-state index in [4.69, 9.17) is 9.47 Å². The van der Waals surface area contributed by atoms with Crippen LogP contribution in [0.5, 0.6) is 0 Å². The average Bonchev–Trinajstić information content (AvgIpc) is 2.47. The van der Waals surface area contributed by atoms with Gasteiger partial charge in [-0.25, -0.2) is 0 Å². The second-order valence-corrected chi connectivity index (χ2v) is 7.75. The minimum Gasteiger partial charge on any atom is -0.375 e. The zero-order valence-corrected chi connectivity index (χ0v) is 13.6. The summed E-state index contributed by atoms with van der Waals surface area (Å²) in [4.78, 5) is 0. The molecule has 0 amide bonds. The van der Waals surface area contributed by atoms with Crippen molar-refractivity contribution in [3.63, 3.8) is 0 Å². The molecule has 2 heterocycles. The predicted molar refractivity (Wildman–Crippen MR) is 84.4 cm³/mol. The summed E-state index contributed by atoms with van der Waals surface area (Å²) in [5, 5.41) is 3.80. The maximum atomic E-state index is 6.10. The molecule has 0 aromatic heterocycles. The van der Waals surface area contributed by atoms with Crippen LogP contribution in [0, 0.1) is 5.92 Å². The topological polar surface area (TPSA) is 30.5 Å². The first-order valence-corrected chi connectivity index (χ1v) is 9.55.